The fourth-order valence-corrected chi connectivity index (χ4v) is 5.23. The molecule has 4 aromatic rings. The van der Waals surface area contributed by atoms with Crippen LogP contribution in [0.5, 0.6) is 23.1 Å². The van der Waals surface area contributed by atoms with Gasteiger partial charge in [-0.05, 0) is 76.3 Å². The lowest BCUT2D eigenvalue weighted by Gasteiger charge is -2.47. The number of methoxy groups -OCH3 is 1. The molecule has 0 amide bonds. The van der Waals surface area contributed by atoms with Crippen LogP contribution in [0.4, 0.5) is 0 Å². The number of rotatable bonds is 9. The molecule has 2 aromatic heterocycles. The number of hydrogen-bond acceptors (Lipinski definition) is 9. The lowest BCUT2D eigenvalue weighted by molar-refractivity contribution is -0.139. The van der Waals surface area contributed by atoms with Crippen molar-refractivity contribution in [2.45, 2.75) is 26.2 Å². The first-order chi connectivity index (χ1) is 19.5. The van der Waals surface area contributed by atoms with E-state index in [1.54, 1.807) is 7.11 Å². The molecule has 212 valence electrons. The van der Waals surface area contributed by atoms with Crippen molar-refractivity contribution in [1.29, 1.82) is 0 Å². The van der Waals surface area contributed by atoms with Crippen LogP contribution in [0, 0.1) is 12.3 Å². The van der Waals surface area contributed by atoms with Crippen molar-refractivity contribution >= 4 is 28.5 Å². The fraction of sp³-hybridized carbons (Fsp3) is 0.433. The summed E-state index contributed by atoms with van der Waals surface area (Å²) in [5, 5.41) is 1.87. The maximum absolute atomic E-state index is 6.17. The molecule has 40 heavy (non-hydrogen) atoms. The van der Waals surface area contributed by atoms with E-state index in [1.165, 1.54) is 19.2 Å². The van der Waals surface area contributed by atoms with E-state index < -0.39 is 0 Å². The van der Waals surface area contributed by atoms with Gasteiger partial charge in [0.1, 0.15) is 12.1 Å². The Balaban J connectivity index is 0.000000758. The molecule has 2 fully saturated rings. The van der Waals surface area contributed by atoms with Gasteiger partial charge in [0.2, 0.25) is 5.88 Å². The molecule has 0 radical (unpaired) electrons. The number of nitrogens with one attached hydrogen (secondary N) is 1. The molecule has 2 aliphatic heterocycles. The number of benzene rings is 2. The summed E-state index contributed by atoms with van der Waals surface area (Å²) in [5.41, 5.74) is 8.21. The molecule has 0 aliphatic carbocycles. The Morgan fingerprint density at radius 2 is 1.93 bits per heavy atom. The summed E-state index contributed by atoms with van der Waals surface area (Å²) < 4.78 is 23.4. The third kappa shape index (κ3) is 6.35. The molecule has 2 aromatic carbocycles. The van der Waals surface area contributed by atoms with E-state index >= 15 is 0 Å². The smallest absolute Gasteiger partial charge is 0.230 e. The quantitative estimate of drug-likeness (QED) is 0.229. The number of nitrogens with two attached hydrogens (primary N) is 1. The van der Waals surface area contributed by atoms with Gasteiger partial charge in [-0.1, -0.05) is 0 Å². The molecular formula is C30H38N6O4. The molecule has 0 atom stereocenters. The van der Waals surface area contributed by atoms with E-state index in [4.69, 9.17) is 24.7 Å². The molecule has 10 nitrogen and oxygen atoms in total. The third-order valence-corrected chi connectivity index (χ3v) is 7.56. The Kier molecular flexibility index (Phi) is 8.78. The monoisotopic (exact) mass is 546 g/mol. The van der Waals surface area contributed by atoms with Crippen molar-refractivity contribution in [3.8, 4) is 23.1 Å². The standard InChI is InChI=1S/C28H32N4O4.C2H6N2/c1-19-12-20-13-21(4-5-23(20)31-19)36-27-22-14-25(33-2)26(15-24(22)29-18-30-27)35-11-3-8-32-9-6-28(7-10-32)16-34-17-28;1-4-2-3/h4-5,12-15,18,31H,3,6-11,16-17H2,1-2H3;1-3H2. The molecule has 2 saturated heterocycles. The van der Waals surface area contributed by atoms with E-state index in [1.807, 2.05) is 37.3 Å². The summed E-state index contributed by atoms with van der Waals surface area (Å²) in [6, 6.07) is 11.8. The maximum atomic E-state index is 6.17. The van der Waals surface area contributed by atoms with Gasteiger partial charge in [-0.15, -0.1) is 0 Å². The van der Waals surface area contributed by atoms with E-state index in [9.17, 15) is 0 Å². The molecule has 0 saturated carbocycles. The van der Waals surface area contributed by atoms with Gasteiger partial charge in [-0.25, -0.2) is 9.97 Å². The van der Waals surface area contributed by atoms with Gasteiger partial charge in [0.05, 0.1) is 44.5 Å². The lowest BCUT2D eigenvalue weighted by Crippen LogP contribution is -2.51. The second kappa shape index (κ2) is 12.6. The predicted octanol–water partition coefficient (Wildman–Crippen LogP) is 4.70. The number of piperidine rings is 1. The van der Waals surface area contributed by atoms with Crippen LogP contribution in [0.15, 0.2) is 47.7 Å². The number of nitrogens with zero attached hydrogens (tertiary/aromatic N) is 4. The van der Waals surface area contributed by atoms with Crippen LogP contribution in [-0.2, 0) is 4.74 Å². The van der Waals surface area contributed by atoms with Crippen LogP contribution < -0.4 is 19.9 Å². The first kappa shape index (κ1) is 27.8. The summed E-state index contributed by atoms with van der Waals surface area (Å²) in [6.45, 7) is 11.3. The van der Waals surface area contributed by atoms with E-state index in [-0.39, 0.29) is 0 Å². The zero-order valence-corrected chi connectivity index (χ0v) is 23.3. The summed E-state index contributed by atoms with van der Waals surface area (Å²) in [7, 11) is 1.65. The zero-order chi connectivity index (χ0) is 28.0. The number of hydrogen-bond donors (Lipinski definition) is 2. The number of fused-ring (bicyclic) bond motifs is 2. The average Bonchev–Trinajstić information content (AvgIpc) is 3.34. The normalized spacial score (nSPS) is 16.3. The Morgan fingerprint density at radius 1 is 1.12 bits per heavy atom. The Labute approximate surface area is 234 Å². The molecule has 2 aliphatic rings. The lowest BCUT2D eigenvalue weighted by atomic mass is 9.77. The van der Waals surface area contributed by atoms with Gasteiger partial charge < -0.3 is 34.6 Å². The van der Waals surface area contributed by atoms with Crippen molar-refractivity contribution in [1.82, 2.24) is 19.9 Å². The van der Waals surface area contributed by atoms with Crippen LogP contribution in [0.1, 0.15) is 25.0 Å². The van der Waals surface area contributed by atoms with Gasteiger partial charge in [0, 0.05) is 34.6 Å². The summed E-state index contributed by atoms with van der Waals surface area (Å²) in [5.74, 6) is 2.53. The van der Waals surface area contributed by atoms with Gasteiger partial charge in [0.25, 0.3) is 0 Å². The first-order valence-electron chi connectivity index (χ1n) is 13.7. The van der Waals surface area contributed by atoms with Crippen LogP contribution in [-0.4, -0.2) is 79.8 Å². The minimum atomic E-state index is 0.333. The highest BCUT2D eigenvalue weighted by Gasteiger charge is 2.40. The second-order valence-electron chi connectivity index (χ2n) is 10.4. The molecule has 4 heterocycles. The van der Waals surface area contributed by atoms with E-state index in [0.29, 0.717) is 41.8 Å². The number of likely N-dealkylation sites (tertiary alicyclic amines) is 1. The SMILES string of the molecule is C=NCN.COc1cc2c(Oc3ccc4[nH]c(C)cc4c3)ncnc2cc1OCCCN1CCC2(CC1)COC2. The first-order valence-corrected chi connectivity index (χ1v) is 13.7. The highest BCUT2D eigenvalue weighted by molar-refractivity contribution is 5.87. The molecule has 10 heteroatoms. The Morgan fingerprint density at radius 3 is 2.62 bits per heavy atom. The van der Waals surface area contributed by atoms with Crippen molar-refractivity contribution in [2.24, 2.45) is 16.1 Å². The number of aryl methyl sites for hydroxylation is 1. The van der Waals surface area contributed by atoms with Crippen LogP contribution in [0.2, 0.25) is 0 Å². The fourth-order valence-electron chi connectivity index (χ4n) is 5.23. The Hall–Kier alpha value is -3.73. The van der Waals surface area contributed by atoms with Crippen molar-refractivity contribution in [2.75, 3.05) is 53.2 Å². The minimum absolute atomic E-state index is 0.333. The number of aromatic amines is 1. The minimum Gasteiger partial charge on any atom is -0.493 e. The summed E-state index contributed by atoms with van der Waals surface area (Å²) in [4.78, 5) is 18.0. The number of H-pyrrole nitrogens is 1. The van der Waals surface area contributed by atoms with Gasteiger partial charge >= 0.3 is 0 Å². The molecule has 0 bridgehead atoms. The average molecular weight is 547 g/mol. The summed E-state index contributed by atoms with van der Waals surface area (Å²) >= 11 is 0. The highest BCUT2D eigenvalue weighted by Crippen LogP contribution is 2.39. The Bertz CT molecular complexity index is 1440. The van der Waals surface area contributed by atoms with E-state index in [0.717, 1.165) is 66.8 Å². The van der Waals surface area contributed by atoms with E-state index in [2.05, 4.69) is 37.6 Å². The predicted molar refractivity (Wildman–Crippen MR) is 157 cm³/mol. The number of aliphatic imine (C=N–C) groups is 1. The maximum Gasteiger partial charge on any atom is 0.230 e. The van der Waals surface area contributed by atoms with Gasteiger partial charge in [-0.3, -0.25) is 4.99 Å². The molecule has 3 N–H and O–H groups in total. The largest absolute Gasteiger partial charge is 0.493 e. The molecule has 0 unspecified atom stereocenters. The second-order valence-corrected chi connectivity index (χ2v) is 10.4. The van der Waals surface area contributed by atoms with Crippen LogP contribution in [0.3, 0.4) is 0 Å². The van der Waals surface area contributed by atoms with Gasteiger partial charge in [0.15, 0.2) is 11.5 Å². The van der Waals surface area contributed by atoms with Crippen LogP contribution in [0.25, 0.3) is 21.8 Å². The topological polar surface area (TPSA) is 120 Å². The zero-order valence-electron chi connectivity index (χ0n) is 23.3. The summed E-state index contributed by atoms with van der Waals surface area (Å²) in [6.07, 6.45) is 4.97. The van der Waals surface area contributed by atoms with Crippen molar-refractivity contribution in [3.63, 3.8) is 0 Å². The van der Waals surface area contributed by atoms with Gasteiger partial charge in [-0.2, -0.15) is 0 Å². The number of ether oxygens (including phenoxy) is 4. The van der Waals surface area contributed by atoms with Crippen molar-refractivity contribution < 1.29 is 18.9 Å². The molecular weight excluding hydrogens is 508 g/mol. The number of aromatic nitrogens is 3. The highest BCUT2D eigenvalue weighted by atomic mass is 16.5. The third-order valence-electron chi connectivity index (χ3n) is 7.56. The van der Waals surface area contributed by atoms with Crippen molar-refractivity contribution in [3.05, 3.63) is 48.4 Å². The molecule has 1 spiro atoms. The molecule has 6 rings (SSSR count). The van der Waals surface area contributed by atoms with Crippen LogP contribution >= 0.6 is 0 Å².